The maximum atomic E-state index is 12.1. The Bertz CT molecular complexity index is 722. The first-order valence-corrected chi connectivity index (χ1v) is 8.37. The lowest BCUT2D eigenvalue weighted by Gasteiger charge is -2.07. The molecule has 7 heteroatoms. The second kappa shape index (κ2) is 5.44. The molecule has 0 fully saturated rings. The Labute approximate surface area is 123 Å². The normalized spacial score (nSPS) is 11.3. The van der Waals surface area contributed by atoms with Gasteiger partial charge in [-0.3, -0.25) is 9.52 Å². The van der Waals surface area contributed by atoms with E-state index >= 15 is 0 Å². The molecule has 0 radical (unpaired) electrons. The first kappa shape index (κ1) is 14.2. The fraction of sp³-hybridized carbons (Fsp3) is 0.0833. The van der Waals surface area contributed by atoms with E-state index in [2.05, 4.69) is 20.7 Å². The molecule has 2 aromatic rings. The topological polar surface area (TPSA) is 63.2 Å². The molecule has 0 aliphatic rings. The highest BCUT2D eigenvalue weighted by atomic mass is 79.9. The van der Waals surface area contributed by atoms with Crippen LogP contribution in [0.4, 0.5) is 5.69 Å². The fourth-order valence-electron chi connectivity index (χ4n) is 1.45. The summed E-state index contributed by atoms with van der Waals surface area (Å²) >= 11 is 4.35. The van der Waals surface area contributed by atoms with Crippen LogP contribution >= 0.6 is 27.3 Å². The second-order valence-corrected chi connectivity index (χ2v) is 8.17. The molecule has 0 amide bonds. The van der Waals surface area contributed by atoms with Crippen molar-refractivity contribution in [3.63, 3.8) is 0 Å². The number of hydrogen-bond donors (Lipinski definition) is 1. The average molecular weight is 360 g/mol. The number of Topliss-reactive ketones (excluding diaryl/α,β-unsaturated/α-hetero) is 1. The molecule has 0 spiro atoms. The molecule has 1 aromatic carbocycles. The van der Waals surface area contributed by atoms with E-state index in [4.69, 9.17) is 0 Å². The molecule has 0 unspecified atom stereocenters. The second-order valence-electron chi connectivity index (χ2n) is 3.80. The lowest BCUT2D eigenvalue weighted by Crippen LogP contribution is -2.11. The van der Waals surface area contributed by atoms with Gasteiger partial charge < -0.3 is 0 Å². The van der Waals surface area contributed by atoms with Gasteiger partial charge in [0.25, 0.3) is 10.0 Å². The largest absolute Gasteiger partial charge is 0.295 e. The summed E-state index contributed by atoms with van der Waals surface area (Å²) in [6, 6.07) is 9.59. The van der Waals surface area contributed by atoms with Crippen molar-refractivity contribution in [2.75, 3.05) is 4.72 Å². The Morgan fingerprint density at radius 1 is 1.26 bits per heavy atom. The molecule has 0 aliphatic heterocycles. The number of thiophene rings is 1. The van der Waals surface area contributed by atoms with E-state index in [9.17, 15) is 13.2 Å². The summed E-state index contributed by atoms with van der Waals surface area (Å²) in [7, 11) is -3.61. The Morgan fingerprint density at radius 3 is 2.58 bits per heavy atom. The quantitative estimate of drug-likeness (QED) is 0.849. The monoisotopic (exact) mass is 359 g/mol. The lowest BCUT2D eigenvalue weighted by atomic mass is 10.1. The maximum Gasteiger partial charge on any atom is 0.271 e. The number of carbonyl (C=O) groups is 1. The van der Waals surface area contributed by atoms with Crippen molar-refractivity contribution in [1.29, 1.82) is 0 Å². The zero-order valence-corrected chi connectivity index (χ0v) is 13.1. The van der Waals surface area contributed by atoms with E-state index in [1.54, 1.807) is 24.3 Å². The van der Waals surface area contributed by atoms with Crippen LogP contribution < -0.4 is 4.72 Å². The van der Waals surface area contributed by atoms with Crippen LogP contribution in [0.25, 0.3) is 0 Å². The predicted octanol–water partition coefficient (Wildman–Crippen LogP) is 3.51. The number of hydrogen-bond acceptors (Lipinski definition) is 4. The molecule has 4 nitrogen and oxygen atoms in total. The Morgan fingerprint density at radius 2 is 2.00 bits per heavy atom. The van der Waals surface area contributed by atoms with Crippen molar-refractivity contribution < 1.29 is 13.2 Å². The van der Waals surface area contributed by atoms with Crippen LogP contribution in [-0.4, -0.2) is 14.2 Å². The van der Waals surface area contributed by atoms with Crippen LogP contribution in [0.1, 0.15) is 17.3 Å². The minimum atomic E-state index is -3.61. The van der Waals surface area contributed by atoms with Gasteiger partial charge in [-0.15, -0.1) is 11.3 Å². The minimum Gasteiger partial charge on any atom is -0.295 e. The Hall–Kier alpha value is -1.18. The SMILES string of the molecule is CC(=O)c1cccc(NS(=O)(=O)c2ccc(Br)s2)c1. The fourth-order valence-corrected chi connectivity index (χ4v) is 4.51. The zero-order chi connectivity index (χ0) is 14.0. The Kier molecular flexibility index (Phi) is 4.07. The summed E-state index contributed by atoms with van der Waals surface area (Å²) in [5, 5.41) is 0. The van der Waals surface area contributed by atoms with E-state index in [0.29, 0.717) is 11.3 Å². The van der Waals surface area contributed by atoms with E-state index in [-0.39, 0.29) is 9.99 Å². The van der Waals surface area contributed by atoms with Gasteiger partial charge in [0.15, 0.2) is 5.78 Å². The van der Waals surface area contributed by atoms with Crippen molar-refractivity contribution in [3.05, 3.63) is 45.7 Å². The van der Waals surface area contributed by atoms with Crippen molar-refractivity contribution in [3.8, 4) is 0 Å². The molecule has 0 bridgehead atoms. The number of ketones is 1. The smallest absolute Gasteiger partial charge is 0.271 e. The van der Waals surface area contributed by atoms with Crippen LogP contribution in [0, 0.1) is 0 Å². The maximum absolute atomic E-state index is 12.1. The summed E-state index contributed by atoms with van der Waals surface area (Å²) < 4.78 is 27.6. The minimum absolute atomic E-state index is 0.111. The van der Waals surface area contributed by atoms with E-state index < -0.39 is 10.0 Å². The van der Waals surface area contributed by atoms with Crippen LogP contribution in [0.5, 0.6) is 0 Å². The molecule has 2 rings (SSSR count). The van der Waals surface area contributed by atoms with Crippen molar-refractivity contribution >= 4 is 48.8 Å². The molecule has 1 heterocycles. The number of carbonyl (C=O) groups excluding carboxylic acids is 1. The van der Waals surface area contributed by atoms with Gasteiger partial charge in [0, 0.05) is 11.3 Å². The highest BCUT2D eigenvalue weighted by molar-refractivity contribution is 9.11. The molecular formula is C12H10BrNO3S2. The first-order valence-electron chi connectivity index (χ1n) is 5.27. The number of rotatable bonds is 4. The van der Waals surface area contributed by atoms with Gasteiger partial charge in [-0.2, -0.15) is 0 Å². The number of benzene rings is 1. The molecule has 19 heavy (non-hydrogen) atoms. The van der Waals surface area contributed by atoms with Gasteiger partial charge in [-0.05, 0) is 47.1 Å². The molecule has 100 valence electrons. The van der Waals surface area contributed by atoms with Crippen molar-refractivity contribution in [1.82, 2.24) is 0 Å². The van der Waals surface area contributed by atoms with Gasteiger partial charge >= 0.3 is 0 Å². The molecule has 0 saturated heterocycles. The molecule has 0 saturated carbocycles. The van der Waals surface area contributed by atoms with Crippen LogP contribution in [0.2, 0.25) is 0 Å². The first-order chi connectivity index (χ1) is 8.88. The average Bonchev–Trinajstić information content (AvgIpc) is 2.76. The molecule has 0 atom stereocenters. The van der Waals surface area contributed by atoms with Gasteiger partial charge in [0.1, 0.15) is 4.21 Å². The summed E-state index contributed by atoms with van der Waals surface area (Å²) in [6.07, 6.45) is 0. The van der Waals surface area contributed by atoms with Crippen LogP contribution in [-0.2, 0) is 10.0 Å². The highest BCUT2D eigenvalue weighted by Crippen LogP contribution is 2.27. The summed E-state index contributed by atoms with van der Waals surface area (Å²) in [6.45, 7) is 1.43. The Balaban J connectivity index is 2.30. The highest BCUT2D eigenvalue weighted by Gasteiger charge is 2.16. The van der Waals surface area contributed by atoms with E-state index in [1.165, 1.54) is 19.1 Å². The van der Waals surface area contributed by atoms with E-state index in [0.717, 1.165) is 15.1 Å². The zero-order valence-electron chi connectivity index (χ0n) is 9.88. The van der Waals surface area contributed by atoms with Gasteiger partial charge in [0.05, 0.1) is 3.79 Å². The number of sulfonamides is 1. The van der Waals surface area contributed by atoms with Gasteiger partial charge in [-0.25, -0.2) is 8.42 Å². The van der Waals surface area contributed by atoms with Crippen LogP contribution in [0.15, 0.2) is 44.4 Å². The lowest BCUT2D eigenvalue weighted by molar-refractivity contribution is 0.101. The number of halogens is 1. The van der Waals surface area contributed by atoms with Crippen LogP contribution in [0.3, 0.4) is 0 Å². The van der Waals surface area contributed by atoms with E-state index in [1.807, 2.05) is 0 Å². The molecule has 1 aromatic heterocycles. The number of anilines is 1. The summed E-state index contributed by atoms with van der Waals surface area (Å²) in [4.78, 5) is 11.3. The summed E-state index contributed by atoms with van der Waals surface area (Å²) in [5.74, 6) is -0.111. The van der Waals surface area contributed by atoms with Crippen molar-refractivity contribution in [2.24, 2.45) is 0 Å². The predicted molar refractivity (Wildman–Crippen MR) is 79.3 cm³/mol. The molecule has 0 aliphatic carbocycles. The third-order valence-corrected chi connectivity index (χ3v) is 5.83. The third-order valence-electron chi connectivity index (χ3n) is 2.33. The summed E-state index contributed by atoms with van der Waals surface area (Å²) in [5.41, 5.74) is 0.838. The van der Waals surface area contributed by atoms with Crippen molar-refractivity contribution in [2.45, 2.75) is 11.1 Å². The third kappa shape index (κ3) is 3.43. The molecular weight excluding hydrogens is 350 g/mol. The standard InChI is InChI=1S/C12H10BrNO3S2/c1-8(15)9-3-2-4-10(7-9)14-19(16,17)12-6-5-11(13)18-12/h2-7,14H,1H3. The number of nitrogens with one attached hydrogen (secondary N) is 1. The van der Waals surface area contributed by atoms with Gasteiger partial charge in [-0.1, -0.05) is 12.1 Å². The molecule has 1 N–H and O–H groups in total. The van der Waals surface area contributed by atoms with Gasteiger partial charge in [0.2, 0.25) is 0 Å².